The Morgan fingerprint density at radius 2 is 1.55 bits per heavy atom. The summed E-state index contributed by atoms with van der Waals surface area (Å²) in [6.45, 7) is 2.22. The second-order valence-corrected chi connectivity index (χ2v) is 7.00. The highest BCUT2D eigenvalue weighted by Crippen LogP contribution is 2.14. The number of amides is 1. The summed E-state index contributed by atoms with van der Waals surface area (Å²) in [5.41, 5.74) is 0.727. The quantitative estimate of drug-likeness (QED) is 0.222. The van der Waals surface area contributed by atoms with Gasteiger partial charge in [0.2, 0.25) is 0 Å². The van der Waals surface area contributed by atoms with Crippen LogP contribution in [0.1, 0.15) is 19.4 Å². The van der Waals surface area contributed by atoms with Crippen LogP contribution in [0.3, 0.4) is 0 Å². The summed E-state index contributed by atoms with van der Waals surface area (Å²) in [5.74, 6) is -1.52. The van der Waals surface area contributed by atoms with Crippen molar-refractivity contribution >= 4 is 11.9 Å². The molecule has 10 nitrogen and oxygen atoms in total. The first kappa shape index (κ1) is 25.0. The number of aliphatic hydroxyl groups is 6. The lowest BCUT2D eigenvalue weighted by Gasteiger charge is -2.30. The van der Waals surface area contributed by atoms with E-state index in [0.29, 0.717) is 0 Å². The Balaban J connectivity index is 2.73. The normalized spacial score (nSPS) is 17.7. The summed E-state index contributed by atoms with van der Waals surface area (Å²) in [6.07, 6.45) is -11.2. The van der Waals surface area contributed by atoms with Crippen molar-refractivity contribution in [2.45, 2.75) is 57.0 Å². The molecule has 1 unspecified atom stereocenters. The van der Waals surface area contributed by atoms with E-state index in [-0.39, 0.29) is 6.61 Å². The number of hydrogen-bond donors (Lipinski definition) is 7. The van der Waals surface area contributed by atoms with Crippen LogP contribution in [0.25, 0.3) is 0 Å². The monoisotopic (exact) mass is 415 g/mol. The van der Waals surface area contributed by atoms with Crippen molar-refractivity contribution in [3.63, 3.8) is 0 Å². The van der Waals surface area contributed by atoms with Crippen LogP contribution in [-0.4, -0.2) is 85.7 Å². The van der Waals surface area contributed by atoms with E-state index >= 15 is 0 Å². The van der Waals surface area contributed by atoms with Gasteiger partial charge in [-0.2, -0.15) is 0 Å². The van der Waals surface area contributed by atoms with E-state index in [9.17, 15) is 35.1 Å². The Bertz CT molecular complexity index is 640. The molecule has 0 heterocycles. The summed E-state index contributed by atoms with van der Waals surface area (Å²) >= 11 is 0. The number of alkyl carbamates (subject to hydrolysis) is 1. The smallest absolute Gasteiger partial charge is 0.408 e. The predicted octanol–water partition coefficient (Wildman–Crippen LogP) is -1.70. The molecule has 1 aromatic carbocycles. The Hall–Kier alpha value is -2.08. The van der Waals surface area contributed by atoms with Gasteiger partial charge in [0, 0.05) is 0 Å². The lowest BCUT2D eigenvalue weighted by molar-refractivity contribution is -0.157. The van der Waals surface area contributed by atoms with E-state index in [1.165, 1.54) is 0 Å². The van der Waals surface area contributed by atoms with Gasteiger partial charge in [-0.05, 0) is 11.5 Å². The molecule has 0 aliphatic carbocycles. The van der Waals surface area contributed by atoms with E-state index in [4.69, 9.17) is 9.84 Å². The number of aliphatic hydroxyl groups excluding tert-OH is 6. The molecule has 0 aliphatic rings. The van der Waals surface area contributed by atoms with Gasteiger partial charge < -0.3 is 40.7 Å². The lowest BCUT2D eigenvalue weighted by atomic mass is 9.90. The SMILES string of the molecule is CC(C)[C@H](NC(=O)OCc1ccccc1)C(=O)C(O)[C@H](O)[C@H](O)[C@@H](O)[C@@H](O)CO. The summed E-state index contributed by atoms with van der Waals surface area (Å²) in [4.78, 5) is 24.5. The van der Waals surface area contributed by atoms with E-state index < -0.39 is 61.0 Å². The molecule has 29 heavy (non-hydrogen) atoms. The topological polar surface area (TPSA) is 177 Å². The molecule has 1 rings (SSSR count). The van der Waals surface area contributed by atoms with Crippen molar-refractivity contribution < 1.29 is 45.0 Å². The first-order valence-electron chi connectivity index (χ1n) is 9.12. The highest BCUT2D eigenvalue weighted by molar-refractivity contribution is 5.91. The van der Waals surface area contributed by atoms with E-state index in [0.717, 1.165) is 5.56 Å². The van der Waals surface area contributed by atoms with Gasteiger partial charge in [-0.25, -0.2) is 4.79 Å². The summed E-state index contributed by atoms with van der Waals surface area (Å²) in [6, 6.07) is 7.56. The van der Waals surface area contributed by atoms with Crippen molar-refractivity contribution in [1.29, 1.82) is 0 Å². The van der Waals surface area contributed by atoms with E-state index in [1.54, 1.807) is 44.2 Å². The van der Waals surface area contributed by atoms with Gasteiger partial charge in [0.05, 0.1) is 12.6 Å². The fourth-order valence-electron chi connectivity index (χ4n) is 2.53. The van der Waals surface area contributed by atoms with Crippen LogP contribution < -0.4 is 5.32 Å². The minimum atomic E-state index is -2.17. The molecule has 6 atom stereocenters. The average Bonchev–Trinajstić information content (AvgIpc) is 2.73. The summed E-state index contributed by atoms with van der Waals surface area (Å²) in [5, 5.41) is 59.9. The minimum Gasteiger partial charge on any atom is -0.445 e. The van der Waals surface area contributed by atoms with Gasteiger partial charge in [-0.1, -0.05) is 44.2 Å². The molecule has 164 valence electrons. The molecule has 0 saturated carbocycles. The highest BCUT2D eigenvalue weighted by Gasteiger charge is 2.40. The van der Waals surface area contributed by atoms with E-state index in [1.807, 2.05) is 0 Å². The predicted molar refractivity (Wildman–Crippen MR) is 101 cm³/mol. The zero-order valence-corrected chi connectivity index (χ0v) is 16.3. The Morgan fingerprint density at radius 3 is 2.07 bits per heavy atom. The van der Waals surface area contributed by atoms with Crippen LogP contribution in [-0.2, 0) is 16.1 Å². The summed E-state index contributed by atoms with van der Waals surface area (Å²) in [7, 11) is 0. The number of benzene rings is 1. The van der Waals surface area contributed by atoms with Crippen LogP contribution in [0.15, 0.2) is 30.3 Å². The second-order valence-electron chi connectivity index (χ2n) is 7.00. The maximum Gasteiger partial charge on any atom is 0.408 e. The number of nitrogens with one attached hydrogen (secondary N) is 1. The highest BCUT2D eigenvalue weighted by atomic mass is 16.5. The zero-order valence-electron chi connectivity index (χ0n) is 16.3. The summed E-state index contributed by atoms with van der Waals surface area (Å²) < 4.78 is 5.03. The Morgan fingerprint density at radius 1 is 0.966 bits per heavy atom. The largest absolute Gasteiger partial charge is 0.445 e. The molecule has 1 aromatic rings. The van der Waals surface area contributed by atoms with E-state index in [2.05, 4.69) is 5.32 Å². The molecule has 7 N–H and O–H groups in total. The van der Waals surface area contributed by atoms with Crippen LogP contribution in [0.5, 0.6) is 0 Å². The Labute approximate surface area is 168 Å². The van der Waals surface area contributed by atoms with Gasteiger partial charge in [-0.3, -0.25) is 4.79 Å². The van der Waals surface area contributed by atoms with Crippen LogP contribution in [0, 0.1) is 5.92 Å². The molecule has 0 saturated heterocycles. The number of hydrogen-bond acceptors (Lipinski definition) is 9. The van der Waals surface area contributed by atoms with Gasteiger partial charge in [0.1, 0.15) is 37.1 Å². The number of Topliss-reactive ketones (excluding diaryl/α,β-unsaturated/α-hetero) is 1. The standard InChI is InChI=1S/C19H29NO9/c1-10(2)13(20-19(28)29-9-11-6-4-3-5-7-11)15(24)17(26)18(27)16(25)14(23)12(22)8-21/h3-7,10,12-14,16-18,21-23,25-27H,8-9H2,1-2H3,(H,20,28)/t12-,13-,14-,16+,17?,18+/m0/s1. The zero-order chi connectivity index (χ0) is 22.1. The van der Waals surface area contributed by atoms with Crippen LogP contribution in [0.4, 0.5) is 4.79 Å². The van der Waals surface area contributed by atoms with Crippen molar-refractivity contribution in [2.75, 3.05) is 6.61 Å². The lowest BCUT2D eigenvalue weighted by Crippen LogP contribution is -2.56. The second kappa shape index (κ2) is 11.8. The molecular weight excluding hydrogens is 386 g/mol. The van der Waals surface area contributed by atoms with Crippen molar-refractivity contribution in [3.8, 4) is 0 Å². The van der Waals surface area contributed by atoms with Gasteiger partial charge in [0.15, 0.2) is 5.78 Å². The molecule has 0 aromatic heterocycles. The number of ketones is 1. The fraction of sp³-hybridized carbons (Fsp3) is 0.579. The van der Waals surface area contributed by atoms with Crippen molar-refractivity contribution in [2.24, 2.45) is 5.92 Å². The third kappa shape index (κ3) is 7.35. The molecular formula is C19H29NO9. The minimum absolute atomic E-state index is 0.0409. The van der Waals surface area contributed by atoms with Crippen LogP contribution in [0.2, 0.25) is 0 Å². The van der Waals surface area contributed by atoms with Gasteiger partial charge >= 0.3 is 6.09 Å². The van der Waals surface area contributed by atoms with Gasteiger partial charge in [0.25, 0.3) is 0 Å². The maximum atomic E-state index is 12.5. The molecule has 0 aliphatic heterocycles. The maximum absolute atomic E-state index is 12.5. The Kier molecular flexibility index (Phi) is 10.2. The molecule has 0 radical (unpaired) electrons. The van der Waals surface area contributed by atoms with Crippen molar-refractivity contribution in [3.05, 3.63) is 35.9 Å². The fourth-order valence-corrected chi connectivity index (χ4v) is 2.53. The molecule has 0 fully saturated rings. The molecule has 0 spiro atoms. The number of ether oxygens (including phenoxy) is 1. The number of carbonyl (C=O) groups is 2. The molecule has 0 bridgehead atoms. The first-order valence-corrected chi connectivity index (χ1v) is 9.12. The molecule has 1 amide bonds. The first-order chi connectivity index (χ1) is 13.6. The third-order valence-electron chi connectivity index (χ3n) is 4.36. The van der Waals surface area contributed by atoms with Crippen molar-refractivity contribution in [1.82, 2.24) is 5.32 Å². The number of rotatable bonds is 11. The average molecular weight is 415 g/mol. The third-order valence-corrected chi connectivity index (χ3v) is 4.36. The molecule has 10 heteroatoms. The van der Waals surface area contributed by atoms with Crippen LogP contribution >= 0.6 is 0 Å². The number of carbonyl (C=O) groups excluding carboxylic acids is 2. The van der Waals surface area contributed by atoms with Gasteiger partial charge in [-0.15, -0.1) is 0 Å².